The number of thiazole rings is 1. The largest absolute Gasteiger partial charge is 0.351 e. The summed E-state index contributed by atoms with van der Waals surface area (Å²) >= 11 is 1.62. The van der Waals surface area contributed by atoms with Gasteiger partial charge < -0.3 is 10.2 Å². The zero-order chi connectivity index (χ0) is 20.2. The first-order valence-corrected chi connectivity index (χ1v) is 10.2. The van der Waals surface area contributed by atoms with Crippen LogP contribution in [0.2, 0.25) is 0 Å². The predicted octanol–water partition coefficient (Wildman–Crippen LogP) is 4.95. The fraction of sp³-hybridized carbons (Fsp3) is 0.550. The van der Waals surface area contributed by atoms with Crippen molar-refractivity contribution in [1.29, 1.82) is 0 Å². The SMILES string of the molecule is CC.Cc1cc(N2CCc3ncsc3C2)nc(F)c1NC(=O)CC(C)(C)C. The molecule has 2 aromatic rings. The van der Waals surface area contributed by atoms with Crippen molar-refractivity contribution in [2.75, 3.05) is 16.8 Å². The van der Waals surface area contributed by atoms with Gasteiger partial charge in [0.25, 0.3) is 0 Å². The maximum Gasteiger partial charge on any atom is 0.238 e. The molecule has 0 unspecified atom stereocenters. The van der Waals surface area contributed by atoms with Crippen LogP contribution in [0.15, 0.2) is 11.6 Å². The molecule has 148 valence electrons. The number of aromatic nitrogens is 2. The fourth-order valence-electron chi connectivity index (χ4n) is 2.91. The van der Waals surface area contributed by atoms with E-state index in [0.717, 1.165) is 18.7 Å². The normalized spacial score (nSPS) is 13.5. The number of pyridine rings is 1. The lowest BCUT2D eigenvalue weighted by Crippen LogP contribution is -2.31. The second kappa shape index (κ2) is 8.78. The highest BCUT2D eigenvalue weighted by atomic mass is 32.1. The van der Waals surface area contributed by atoms with E-state index in [9.17, 15) is 9.18 Å². The highest BCUT2D eigenvalue weighted by molar-refractivity contribution is 7.09. The van der Waals surface area contributed by atoms with E-state index in [1.54, 1.807) is 18.3 Å². The predicted molar refractivity (Wildman–Crippen MR) is 110 cm³/mol. The Kier molecular flexibility index (Phi) is 6.92. The zero-order valence-electron chi connectivity index (χ0n) is 17.0. The van der Waals surface area contributed by atoms with Gasteiger partial charge in [-0.1, -0.05) is 34.6 Å². The van der Waals surface area contributed by atoms with Gasteiger partial charge >= 0.3 is 0 Å². The van der Waals surface area contributed by atoms with E-state index < -0.39 is 5.95 Å². The summed E-state index contributed by atoms with van der Waals surface area (Å²) in [5.41, 5.74) is 3.68. The number of halogens is 1. The molecule has 0 fully saturated rings. The quantitative estimate of drug-likeness (QED) is 0.751. The first kappa shape index (κ1) is 21.3. The monoisotopic (exact) mass is 392 g/mol. The zero-order valence-corrected chi connectivity index (χ0v) is 17.8. The average Bonchev–Trinajstić information content (AvgIpc) is 3.06. The van der Waals surface area contributed by atoms with Crippen LogP contribution in [0.1, 0.15) is 57.2 Å². The number of nitrogens with zero attached hydrogens (tertiary/aromatic N) is 3. The van der Waals surface area contributed by atoms with E-state index in [-0.39, 0.29) is 17.0 Å². The Morgan fingerprint density at radius 2 is 2.07 bits per heavy atom. The van der Waals surface area contributed by atoms with Gasteiger partial charge in [0.15, 0.2) is 0 Å². The second-order valence-corrected chi connectivity index (χ2v) is 8.58. The van der Waals surface area contributed by atoms with Crippen molar-refractivity contribution < 1.29 is 9.18 Å². The maximum absolute atomic E-state index is 14.5. The van der Waals surface area contributed by atoms with Gasteiger partial charge in [-0.05, 0) is 24.0 Å². The lowest BCUT2D eigenvalue weighted by atomic mass is 9.92. The molecule has 0 aliphatic carbocycles. The second-order valence-electron chi connectivity index (χ2n) is 7.64. The molecule has 0 atom stereocenters. The first-order valence-electron chi connectivity index (χ1n) is 9.36. The molecule has 5 nitrogen and oxygen atoms in total. The van der Waals surface area contributed by atoms with Gasteiger partial charge in [-0.2, -0.15) is 4.39 Å². The average molecular weight is 393 g/mol. The van der Waals surface area contributed by atoms with Crippen LogP contribution in [-0.2, 0) is 17.8 Å². The molecule has 0 aromatic carbocycles. The van der Waals surface area contributed by atoms with Crippen LogP contribution in [0.4, 0.5) is 15.9 Å². The summed E-state index contributed by atoms with van der Waals surface area (Å²) in [6, 6.07) is 1.84. The topological polar surface area (TPSA) is 58.1 Å². The number of rotatable bonds is 3. The number of nitrogens with one attached hydrogen (secondary N) is 1. The highest BCUT2D eigenvalue weighted by Crippen LogP contribution is 2.29. The molecule has 0 spiro atoms. The van der Waals surface area contributed by atoms with Gasteiger partial charge in [0.05, 0.1) is 23.4 Å². The van der Waals surface area contributed by atoms with Crippen LogP contribution in [0.5, 0.6) is 0 Å². The molecule has 1 amide bonds. The van der Waals surface area contributed by atoms with E-state index in [1.165, 1.54) is 4.88 Å². The van der Waals surface area contributed by atoms with Gasteiger partial charge in [0.1, 0.15) is 5.82 Å². The molecule has 0 saturated heterocycles. The maximum atomic E-state index is 14.5. The Balaban J connectivity index is 0.00000126. The molecule has 0 radical (unpaired) electrons. The minimum absolute atomic E-state index is 0.151. The molecular formula is C20H29FN4OS. The molecule has 2 aromatic heterocycles. The summed E-state index contributed by atoms with van der Waals surface area (Å²) in [6.07, 6.45) is 1.17. The molecule has 0 saturated carbocycles. The van der Waals surface area contributed by atoms with Crippen molar-refractivity contribution in [3.05, 3.63) is 33.7 Å². The van der Waals surface area contributed by atoms with Crippen LogP contribution < -0.4 is 10.2 Å². The first-order chi connectivity index (χ1) is 12.7. The highest BCUT2D eigenvalue weighted by Gasteiger charge is 2.23. The van der Waals surface area contributed by atoms with Gasteiger partial charge in [-0.3, -0.25) is 4.79 Å². The van der Waals surface area contributed by atoms with E-state index in [2.05, 4.69) is 20.2 Å². The van der Waals surface area contributed by atoms with Crippen LogP contribution in [0.3, 0.4) is 0 Å². The molecule has 3 heterocycles. The summed E-state index contributed by atoms with van der Waals surface area (Å²) in [5.74, 6) is -0.230. The van der Waals surface area contributed by atoms with Gasteiger partial charge in [-0.25, -0.2) is 9.97 Å². The molecule has 1 aliphatic rings. The van der Waals surface area contributed by atoms with Crippen molar-refractivity contribution in [3.8, 4) is 0 Å². The Bertz CT molecular complexity index is 775. The van der Waals surface area contributed by atoms with Crippen molar-refractivity contribution in [1.82, 2.24) is 9.97 Å². The van der Waals surface area contributed by atoms with Crippen LogP contribution in [0, 0.1) is 18.3 Å². The van der Waals surface area contributed by atoms with Gasteiger partial charge in [0.2, 0.25) is 11.9 Å². The van der Waals surface area contributed by atoms with E-state index in [0.29, 0.717) is 24.3 Å². The van der Waals surface area contributed by atoms with Crippen LogP contribution >= 0.6 is 11.3 Å². The van der Waals surface area contributed by atoms with Crippen molar-refractivity contribution >= 4 is 28.7 Å². The number of amides is 1. The molecule has 7 heteroatoms. The third-order valence-electron chi connectivity index (χ3n) is 4.12. The molecule has 0 bridgehead atoms. The Labute approximate surface area is 165 Å². The van der Waals surface area contributed by atoms with Crippen molar-refractivity contribution in [2.45, 2.75) is 60.9 Å². The Morgan fingerprint density at radius 3 is 2.70 bits per heavy atom. The third kappa shape index (κ3) is 5.48. The summed E-state index contributed by atoms with van der Waals surface area (Å²) < 4.78 is 14.5. The van der Waals surface area contributed by atoms with Crippen LogP contribution in [0.25, 0.3) is 0 Å². The van der Waals surface area contributed by atoms with E-state index in [1.807, 2.05) is 46.2 Å². The van der Waals surface area contributed by atoms with Crippen molar-refractivity contribution in [3.63, 3.8) is 0 Å². The van der Waals surface area contributed by atoms with E-state index in [4.69, 9.17) is 0 Å². The lowest BCUT2D eigenvalue weighted by Gasteiger charge is -2.28. The number of carbonyl (C=O) groups is 1. The molecule has 1 aliphatic heterocycles. The number of hydrogen-bond acceptors (Lipinski definition) is 5. The molecule has 1 N–H and O–H groups in total. The summed E-state index contributed by atoms with van der Waals surface area (Å²) in [6.45, 7) is 13.2. The number of anilines is 2. The van der Waals surface area contributed by atoms with E-state index >= 15 is 0 Å². The van der Waals surface area contributed by atoms with Crippen molar-refractivity contribution in [2.24, 2.45) is 5.41 Å². The number of hydrogen-bond donors (Lipinski definition) is 1. The number of aryl methyl sites for hydroxylation is 1. The lowest BCUT2D eigenvalue weighted by molar-refractivity contribution is -0.117. The van der Waals surface area contributed by atoms with Gasteiger partial charge in [0, 0.05) is 24.3 Å². The third-order valence-corrected chi connectivity index (χ3v) is 4.98. The molecule has 27 heavy (non-hydrogen) atoms. The minimum atomic E-state index is -0.632. The number of fused-ring (bicyclic) bond motifs is 1. The van der Waals surface area contributed by atoms with Gasteiger partial charge in [-0.15, -0.1) is 11.3 Å². The molecular weight excluding hydrogens is 363 g/mol. The fourth-order valence-corrected chi connectivity index (χ4v) is 3.74. The smallest absolute Gasteiger partial charge is 0.238 e. The summed E-state index contributed by atoms with van der Waals surface area (Å²) in [4.78, 5) is 23.8. The standard InChI is InChI=1S/C18H23FN4OS.C2H6/c1-11-7-14(23-6-5-12-13(9-23)25-10-20-12)21-17(19)16(11)22-15(24)8-18(2,3)4;1-2/h7,10H,5-6,8-9H2,1-4H3,(H,22,24);1-2H3. The summed E-state index contributed by atoms with van der Waals surface area (Å²) in [7, 11) is 0. The Hall–Kier alpha value is -2.02. The molecule has 3 rings (SSSR count). The summed E-state index contributed by atoms with van der Waals surface area (Å²) in [5, 5.41) is 2.67. The minimum Gasteiger partial charge on any atom is -0.351 e. The number of carbonyl (C=O) groups excluding carboxylic acids is 1. The Morgan fingerprint density at radius 1 is 1.37 bits per heavy atom. The van der Waals surface area contributed by atoms with Crippen LogP contribution in [-0.4, -0.2) is 22.4 Å².